The summed E-state index contributed by atoms with van der Waals surface area (Å²) in [5.41, 5.74) is 2.91. The number of carbonyl (C=O) groups is 1. The third-order valence-electron chi connectivity index (χ3n) is 3.56. The number of rotatable bonds is 3. The van der Waals surface area contributed by atoms with Crippen LogP contribution in [0.15, 0.2) is 24.3 Å². The summed E-state index contributed by atoms with van der Waals surface area (Å²) >= 11 is 0. The lowest BCUT2D eigenvalue weighted by Crippen LogP contribution is -2.33. The SMILES string of the molecule is CCC(C)NC(=O)c1c(C)c2ccccc2n1C. The summed E-state index contributed by atoms with van der Waals surface area (Å²) in [6.07, 6.45) is 0.939. The van der Waals surface area contributed by atoms with E-state index in [2.05, 4.69) is 18.3 Å². The van der Waals surface area contributed by atoms with E-state index in [-0.39, 0.29) is 11.9 Å². The largest absolute Gasteiger partial charge is 0.348 e. The molecule has 1 aromatic heterocycles. The van der Waals surface area contributed by atoms with Crippen LogP contribution in [0.2, 0.25) is 0 Å². The van der Waals surface area contributed by atoms with Gasteiger partial charge in [-0.25, -0.2) is 0 Å². The summed E-state index contributed by atoms with van der Waals surface area (Å²) in [6.45, 7) is 6.10. The number of aromatic nitrogens is 1. The Morgan fingerprint density at radius 3 is 2.67 bits per heavy atom. The van der Waals surface area contributed by atoms with Gasteiger partial charge in [0.2, 0.25) is 0 Å². The van der Waals surface area contributed by atoms with Crippen molar-refractivity contribution in [1.82, 2.24) is 9.88 Å². The number of nitrogens with one attached hydrogen (secondary N) is 1. The fourth-order valence-corrected chi connectivity index (χ4v) is 2.30. The molecule has 96 valence electrons. The van der Waals surface area contributed by atoms with Crippen LogP contribution in [-0.4, -0.2) is 16.5 Å². The molecule has 18 heavy (non-hydrogen) atoms. The van der Waals surface area contributed by atoms with Crippen molar-refractivity contribution < 1.29 is 4.79 Å². The molecule has 2 aromatic rings. The molecule has 1 aromatic carbocycles. The summed E-state index contributed by atoms with van der Waals surface area (Å²) in [7, 11) is 1.95. The second-order valence-electron chi connectivity index (χ2n) is 4.83. The lowest BCUT2D eigenvalue weighted by molar-refractivity contribution is 0.0931. The molecule has 0 saturated carbocycles. The predicted octanol–water partition coefficient (Wildman–Crippen LogP) is 3.02. The average Bonchev–Trinajstić information content (AvgIpc) is 2.62. The zero-order chi connectivity index (χ0) is 13.3. The van der Waals surface area contributed by atoms with Crippen molar-refractivity contribution >= 4 is 16.8 Å². The molecule has 1 unspecified atom stereocenters. The molecule has 0 aliphatic carbocycles. The number of amides is 1. The Labute approximate surface area is 108 Å². The molecule has 0 radical (unpaired) electrons. The molecule has 0 aliphatic rings. The summed E-state index contributed by atoms with van der Waals surface area (Å²) in [5, 5.41) is 4.18. The van der Waals surface area contributed by atoms with Crippen molar-refractivity contribution in [2.24, 2.45) is 7.05 Å². The van der Waals surface area contributed by atoms with E-state index < -0.39 is 0 Å². The third kappa shape index (κ3) is 2.01. The van der Waals surface area contributed by atoms with E-state index in [4.69, 9.17) is 0 Å². The van der Waals surface area contributed by atoms with Gasteiger partial charge >= 0.3 is 0 Å². The summed E-state index contributed by atoms with van der Waals surface area (Å²) in [5.74, 6) is 0.0144. The van der Waals surface area contributed by atoms with Gasteiger partial charge < -0.3 is 9.88 Å². The Bertz CT molecular complexity index is 544. The summed E-state index contributed by atoms with van der Waals surface area (Å²) in [4.78, 5) is 12.3. The first kappa shape index (κ1) is 12.7. The van der Waals surface area contributed by atoms with Gasteiger partial charge in [0, 0.05) is 24.0 Å². The van der Waals surface area contributed by atoms with Crippen LogP contribution in [0.1, 0.15) is 36.3 Å². The number of fused-ring (bicyclic) bond motifs is 1. The number of benzene rings is 1. The molecular weight excluding hydrogens is 224 g/mol. The fourth-order valence-electron chi connectivity index (χ4n) is 2.30. The quantitative estimate of drug-likeness (QED) is 0.884. The highest BCUT2D eigenvalue weighted by molar-refractivity contribution is 6.01. The Hall–Kier alpha value is -1.77. The molecule has 0 saturated heterocycles. The second kappa shape index (κ2) is 4.84. The van der Waals surface area contributed by atoms with Crippen molar-refractivity contribution in [3.05, 3.63) is 35.5 Å². The maximum atomic E-state index is 12.3. The highest BCUT2D eigenvalue weighted by Crippen LogP contribution is 2.24. The van der Waals surface area contributed by atoms with Crippen molar-refractivity contribution in [3.8, 4) is 0 Å². The van der Waals surface area contributed by atoms with Gasteiger partial charge in [0.25, 0.3) is 5.91 Å². The first-order chi connectivity index (χ1) is 8.56. The van der Waals surface area contributed by atoms with Crippen LogP contribution < -0.4 is 5.32 Å². The number of carbonyl (C=O) groups excluding carboxylic acids is 1. The number of nitrogens with zero attached hydrogens (tertiary/aromatic N) is 1. The Kier molecular flexibility index (Phi) is 3.41. The summed E-state index contributed by atoms with van der Waals surface area (Å²) < 4.78 is 1.97. The maximum absolute atomic E-state index is 12.3. The van der Waals surface area contributed by atoms with Crippen molar-refractivity contribution in [2.75, 3.05) is 0 Å². The van der Waals surface area contributed by atoms with E-state index in [9.17, 15) is 4.79 Å². The van der Waals surface area contributed by atoms with Crippen LogP contribution in [-0.2, 0) is 7.05 Å². The standard InChI is InChI=1S/C15H20N2O/c1-5-10(2)16-15(18)14-11(3)12-8-6-7-9-13(12)17(14)4/h6-10H,5H2,1-4H3,(H,16,18). The second-order valence-corrected chi connectivity index (χ2v) is 4.83. The highest BCUT2D eigenvalue weighted by Gasteiger charge is 2.18. The number of aryl methyl sites for hydroxylation is 2. The molecule has 1 heterocycles. The van der Waals surface area contributed by atoms with Crippen LogP contribution in [0.5, 0.6) is 0 Å². The van der Waals surface area contributed by atoms with Gasteiger partial charge in [-0.2, -0.15) is 0 Å². The zero-order valence-electron chi connectivity index (χ0n) is 11.4. The Morgan fingerprint density at radius 1 is 1.39 bits per heavy atom. The normalized spacial score (nSPS) is 12.7. The van der Waals surface area contributed by atoms with Crippen molar-refractivity contribution in [3.63, 3.8) is 0 Å². The van der Waals surface area contributed by atoms with Gasteiger partial charge in [0.05, 0.1) is 0 Å². The first-order valence-corrected chi connectivity index (χ1v) is 6.41. The Balaban J connectivity index is 2.48. The minimum Gasteiger partial charge on any atom is -0.348 e. The van der Waals surface area contributed by atoms with E-state index in [1.54, 1.807) is 0 Å². The molecule has 3 heteroatoms. The average molecular weight is 244 g/mol. The predicted molar refractivity (Wildman–Crippen MR) is 74.9 cm³/mol. The molecule has 0 fully saturated rings. The van der Waals surface area contributed by atoms with Gasteiger partial charge in [-0.1, -0.05) is 25.1 Å². The molecule has 1 amide bonds. The molecule has 1 N–H and O–H groups in total. The smallest absolute Gasteiger partial charge is 0.268 e. The molecule has 0 bridgehead atoms. The molecular formula is C15H20N2O. The van der Waals surface area contributed by atoms with Crippen LogP contribution in [0.3, 0.4) is 0 Å². The molecule has 2 rings (SSSR count). The van der Waals surface area contributed by atoms with Crippen molar-refractivity contribution in [1.29, 1.82) is 0 Å². The van der Waals surface area contributed by atoms with E-state index in [1.165, 1.54) is 0 Å². The van der Waals surface area contributed by atoms with Crippen molar-refractivity contribution in [2.45, 2.75) is 33.2 Å². The molecule has 1 atom stereocenters. The van der Waals surface area contributed by atoms with E-state index in [0.29, 0.717) is 0 Å². The molecule has 0 aliphatic heterocycles. The van der Waals surface area contributed by atoms with E-state index in [0.717, 1.165) is 28.6 Å². The fraction of sp³-hybridized carbons (Fsp3) is 0.400. The Morgan fingerprint density at radius 2 is 2.06 bits per heavy atom. The van der Waals surface area contributed by atoms with Gasteiger partial charge in [0.1, 0.15) is 5.69 Å². The summed E-state index contributed by atoms with van der Waals surface area (Å²) in [6, 6.07) is 8.31. The van der Waals surface area contributed by atoms with Crippen LogP contribution >= 0.6 is 0 Å². The lowest BCUT2D eigenvalue weighted by atomic mass is 10.1. The highest BCUT2D eigenvalue weighted by atomic mass is 16.2. The minimum atomic E-state index is 0.0144. The van der Waals surface area contributed by atoms with Gasteiger partial charge in [-0.05, 0) is 31.9 Å². The van der Waals surface area contributed by atoms with Gasteiger partial charge in [0.15, 0.2) is 0 Å². The minimum absolute atomic E-state index is 0.0144. The number of hydrogen-bond acceptors (Lipinski definition) is 1. The topological polar surface area (TPSA) is 34.0 Å². The van der Waals surface area contributed by atoms with Gasteiger partial charge in [-0.3, -0.25) is 4.79 Å². The molecule has 3 nitrogen and oxygen atoms in total. The number of para-hydroxylation sites is 1. The van der Waals surface area contributed by atoms with Crippen LogP contribution in [0, 0.1) is 6.92 Å². The van der Waals surface area contributed by atoms with Crippen LogP contribution in [0.25, 0.3) is 10.9 Å². The van der Waals surface area contributed by atoms with E-state index in [1.807, 2.05) is 43.7 Å². The number of hydrogen-bond donors (Lipinski definition) is 1. The maximum Gasteiger partial charge on any atom is 0.268 e. The zero-order valence-corrected chi connectivity index (χ0v) is 11.4. The van der Waals surface area contributed by atoms with Gasteiger partial charge in [-0.15, -0.1) is 0 Å². The lowest BCUT2D eigenvalue weighted by Gasteiger charge is -2.12. The van der Waals surface area contributed by atoms with E-state index >= 15 is 0 Å². The van der Waals surface area contributed by atoms with Crippen LogP contribution in [0.4, 0.5) is 0 Å². The molecule has 0 spiro atoms. The monoisotopic (exact) mass is 244 g/mol. The third-order valence-corrected chi connectivity index (χ3v) is 3.56. The first-order valence-electron chi connectivity index (χ1n) is 6.41.